The molecule has 0 aliphatic carbocycles. The van der Waals surface area contributed by atoms with Crippen molar-refractivity contribution in [3.63, 3.8) is 0 Å². The Morgan fingerprint density at radius 3 is 2.79 bits per heavy atom. The number of piperazine rings is 1. The Labute approximate surface area is 109 Å². The zero-order chi connectivity index (χ0) is 14.0. The van der Waals surface area contributed by atoms with E-state index in [0.29, 0.717) is 13.1 Å². The Morgan fingerprint density at radius 1 is 1.37 bits per heavy atom. The lowest BCUT2D eigenvalue weighted by Crippen LogP contribution is -2.58. The van der Waals surface area contributed by atoms with Crippen molar-refractivity contribution >= 4 is 11.8 Å². The van der Waals surface area contributed by atoms with Crippen LogP contribution in [0.4, 0.5) is 0 Å². The second kappa shape index (κ2) is 5.15. The summed E-state index contributed by atoms with van der Waals surface area (Å²) in [5.74, 6) is -2.01. The minimum Gasteiger partial charge on any atom is -0.504 e. The number of phenolic OH excluding ortho intramolecular Hbond substituents is 2. The van der Waals surface area contributed by atoms with E-state index in [1.54, 1.807) is 0 Å². The summed E-state index contributed by atoms with van der Waals surface area (Å²) in [7, 11) is 0. The van der Waals surface area contributed by atoms with Crippen molar-refractivity contribution in [2.45, 2.75) is 6.04 Å². The summed E-state index contributed by atoms with van der Waals surface area (Å²) in [4.78, 5) is 24.9. The average molecular weight is 265 g/mol. The predicted molar refractivity (Wildman–Crippen MR) is 66.7 cm³/mol. The van der Waals surface area contributed by atoms with Gasteiger partial charge in [0.15, 0.2) is 11.5 Å². The summed E-state index contributed by atoms with van der Waals surface area (Å²) in [6.45, 7) is 1.12. The summed E-state index contributed by atoms with van der Waals surface area (Å²) in [5.41, 5.74) is 5.21. The molecule has 1 saturated heterocycles. The van der Waals surface area contributed by atoms with Crippen LogP contribution in [-0.4, -0.2) is 52.6 Å². The number of hydrogen-bond acceptors (Lipinski definition) is 5. The van der Waals surface area contributed by atoms with Gasteiger partial charge in [-0.1, -0.05) is 6.07 Å². The molecule has 7 nitrogen and oxygen atoms in total. The first-order valence-corrected chi connectivity index (χ1v) is 5.84. The number of primary amides is 1. The Morgan fingerprint density at radius 2 is 2.11 bits per heavy atom. The van der Waals surface area contributed by atoms with Crippen LogP contribution in [0.5, 0.6) is 11.5 Å². The fraction of sp³-hybridized carbons (Fsp3) is 0.333. The van der Waals surface area contributed by atoms with E-state index in [-0.39, 0.29) is 17.9 Å². The number of carbonyl (C=O) groups is 2. The van der Waals surface area contributed by atoms with Crippen LogP contribution in [0, 0.1) is 0 Å². The van der Waals surface area contributed by atoms with Gasteiger partial charge >= 0.3 is 0 Å². The van der Waals surface area contributed by atoms with Gasteiger partial charge in [0.05, 0.1) is 5.56 Å². The maximum atomic E-state index is 12.3. The lowest BCUT2D eigenvalue weighted by atomic mass is 10.1. The molecule has 0 bridgehead atoms. The molecule has 5 N–H and O–H groups in total. The van der Waals surface area contributed by atoms with Gasteiger partial charge in [-0.2, -0.15) is 0 Å². The number of nitrogens with two attached hydrogens (primary N) is 1. The molecule has 0 spiro atoms. The van der Waals surface area contributed by atoms with Crippen LogP contribution in [0.2, 0.25) is 0 Å². The van der Waals surface area contributed by atoms with Crippen LogP contribution < -0.4 is 11.1 Å². The molecule has 1 aromatic rings. The number of hydrogen-bond donors (Lipinski definition) is 4. The maximum Gasteiger partial charge on any atom is 0.258 e. The predicted octanol–water partition coefficient (Wildman–Crippen LogP) is -1.00. The van der Waals surface area contributed by atoms with Crippen molar-refractivity contribution in [3.05, 3.63) is 23.8 Å². The summed E-state index contributed by atoms with van der Waals surface area (Å²) in [6, 6.07) is 3.35. The number of phenols is 2. The molecule has 19 heavy (non-hydrogen) atoms. The zero-order valence-electron chi connectivity index (χ0n) is 10.2. The van der Waals surface area contributed by atoms with Crippen LogP contribution in [0.25, 0.3) is 0 Å². The summed E-state index contributed by atoms with van der Waals surface area (Å²) < 4.78 is 0. The molecule has 1 heterocycles. The van der Waals surface area contributed by atoms with Crippen molar-refractivity contribution < 1.29 is 19.8 Å². The number of benzene rings is 1. The van der Waals surface area contributed by atoms with Crippen LogP contribution in [-0.2, 0) is 4.79 Å². The fourth-order valence-electron chi connectivity index (χ4n) is 2.06. The maximum absolute atomic E-state index is 12.3. The lowest BCUT2D eigenvalue weighted by Gasteiger charge is -2.34. The number of para-hydroxylation sites is 1. The number of carbonyl (C=O) groups excluding carboxylic acids is 2. The van der Waals surface area contributed by atoms with Crippen molar-refractivity contribution in [3.8, 4) is 11.5 Å². The quantitative estimate of drug-likeness (QED) is 0.512. The molecule has 1 atom stereocenters. The van der Waals surface area contributed by atoms with Gasteiger partial charge in [0.1, 0.15) is 6.04 Å². The van der Waals surface area contributed by atoms with E-state index in [1.165, 1.54) is 23.1 Å². The third kappa shape index (κ3) is 2.45. The van der Waals surface area contributed by atoms with Crippen LogP contribution in [0.1, 0.15) is 10.4 Å². The summed E-state index contributed by atoms with van der Waals surface area (Å²) in [5, 5.41) is 22.1. The molecule has 0 aromatic heterocycles. The third-order valence-corrected chi connectivity index (χ3v) is 3.08. The van der Waals surface area contributed by atoms with E-state index in [4.69, 9.17) is 5.73 Å². The van der Waals surface area contributed by atoms with Gasteiger partial charge in [-0.3, -0.25) is 9.59 Å². The molecular weight excluding hydrogens is 250 g/mol. The number of aromatic hydroxyl groups is 2. The summed E-state index contributed by atoms with van der Waals surface area (Å²) >= 11 is 0. The highest BCUT2D eigenvalue weighted by atomic mass is 16.3. The Hall–Kier alpha value is -2.28. The number of rotatable bonds is 2. The Balaban J connectivity index is 2.31. The molecule has 1 fully saturated rings. The monoisotopic (exact) mass is 265 g/mol. The van der Waals surface area contributed by atoms with Crippen LogP contribution >= 0.6 is 0 Å². The van der Waals surface area contributed by atoms with Gasteiger partial charge in [0.2, 0.25) is 5.91 Å². The zero-order valence-corrected chi connectivity index (χ0v) is 10.2. The standard InChI is InChI=1S/C12H15N3O4/c13-11(18)8-6-14-4-5-15(8)12(19)7-2-1-3-9(16)10(7)17/h1-3,8,14,16-17H,4-6H2,(H2,13,18). The van der Waals surface area contributed by atoms with Gasteiger partial charge in [0.25, 0.3) is 5.91 Å². The lowest BCUT2D eigenvalue weighted by molar-refractivity contribution is -0.122. The highest BCUT2D eigenvalue weighted by molar-refractivity contribution is 6.00. The molecule has 1 unspecified atom stereocenters. The Bertz CT molecular complexity index is 518. The first kappa shape index (κ1) is 13.2. The topological polar surface area (TPSA) is 116 Å². The molecular formula is C12H15N3O4. The number of nitrogens with one attached hydrogen (secondary N) is 1. The minimum atomic E-state index is -0.761. The van der Waals surface area contributed by atoms with E-state index < -0.39 is 23.6 Å². The van der Waals surface area contributed by atoms with Crippen LogP contribution in [0.15, 0.2) is 18.2 Å². The first-order chi connectivity index (χ1) is 9.02. The number of amides is 2. The fourth-order valence-corrected chi connectivity index (χ4v) is 2.06. The normalized spacial score (nSPS) is 19.2. The van der Waals surface area contributed by atoms with Crippen molar-refractivity contribution in [2.24, 2.45) is 5.73 Å². The second-order valence-electron chi connectivity index (χ2n) is 4.29. The van der Waals surface area contributed by atoms with E-state index in [0.717, 1.165) is 0 Å². The van der Waals surface area contributed by atoms with Crippen molar-refractivity contribution in [1.82, 2.24) is 10.2 Å². The van der Waals surface area contributed by atoms with Crippen molar-refractivity contribution in [1.29, 1.82) is 0 Å². The van der Waals surface area contributed by atoms with E-state index in [9.17, 15) is 19.8 Å². The third-order valence-electron chi connectivity index (χ3n) is 3.08. The average Bonchev–Trinajstić information content (AvgIpc) is 2.41. The number of nitrogens with zero attached hydrogens (tertiary/aromatic N) is 1. The largest absolute Gasteiger partial charge is 0.504 e. The minimum absolute atomic E-state index is 0.0480. The van der Waals surface area contributed by atoms with Gasteiger partial charge < -0.3 is 26.2 Å². The molecule has 7 heteroatoms. The molecule has 1 aliphatic heterocycles. The molecule has 2 amide bonds. The van der Waals surface area contributed by atoms with Gasteiger partial charge in [-0.15, -0.1) is 0 Å². The Kier molecular flexibility index (Phi) is 3.57. The van der Waals surface area contributed by atoms with Gasteiger partial charge in [-0.25, -0.2) is 0 Å². The molecule has 0 radical (unpaired) electrons. The van der Waals surface area contributed by atoms with Gasteiger partial charge in [0, 0.05) is 19.6 Å². The smallest absolute Gasteiger partial charge is 0.258 e. The molecule has 1 aromatic carbocycles. The molecule has 102 valence electrons. The first-order valence-electron chi connectivity index (χ1n) is 5.84. The SMILES string of the molecule is NC(=O)C1CNCCN1C(=O)c1cccc(O)c1O. The van der Waals surface area contributed by atoms with Gasteiger partial charge in [-0.05, 0) is 12.1 Å². The highest BCUT2D eigenvalue weighted by Gasteiger charge is 2.32. The molecule has 2 rings (SSSR count). The molecule has 0 saturated carbocycles. The second-order valence-corrected chi connectivity index (χ2v) is 4.29. The van der Waals surface area contributed by atoms with Crippen LogP contribution in [0.3, 0.4) is 0 Å². The summed E-state index contributed by atoms with van der Waals surface area (Å²) in [6.07, 6.45) is 0. The highest BCUT2D eigenvalue weighted by Crippen LogP contribution is 2.29. The van der Waals surface area contributed by atoms with E-state index >= 15 is 0 Å². The van der Waals surface area contributed by atoms with E-state index in [2.05, 4.69) is 5.32 Å². The van der Waals surface area contributed by atoms with E-state index in [1.807, 2.05) is 0 Å². The van der Waals surface area contributed by atoms with Crippen molar-refractivity contribution in [2.75, 3.05) is 19.6 Å². The molecule has 1 aliphatic rings.